The summed E-state index contributed by atoms with van der Waals surface area (Å²) < 4.78 is 19.7. The van der Waals surface area contributed by atoms with E-state index in [4.69, 9.17) is 4.74 Å². The van der Waals surface area contributed by atoms with Crippen molar-refractivity contribution in [3.05, 3.63) is 60.2 Å². The monoisotopic (exact) mass is 341 g/mol. The third-order valence-electron chi connectivity index (χ3n) is 5.29. The number of hydrogen-bond donors (Lipinski definition) is 0. The lowest BCUT2D eigenvalue weighted by molar-refractivity contribution is -0.123. The summed E-state index contributed by atoms with van der Waals surface area (Å²) in [7, 11) is 0. The van der Waals surface area contributed by atoms with Crippen LogP contribution in [0.4, 0.5) is 10.1 Å². The Morgan fingerprint density at radius 2 is 1.96 bits per heavy atom. The lowest BCUT2D eigenvalue weighted by Crippen LogP contribution is -2.56. The molecule has 0 N–H and O–H groups in total. The van der Waals surface area contributed by atoms with Crippen LogP contribution in [0.25, 0.3) is 0 Å². The Labute approximate surface area is 148 Å². The minimum absolute atomic E-state index is 0.0726. The van der Waals surface area contributed by atoms with E-state index in [0.29, 0.717) is 0 Å². The van der Waals surface area contributed by atoms with Crippen molar-refractivity contribution in [2.75, 3.05) is 37.7 Å². The predicted octanol–water partition coefficient (Wildman–Crippen LogP) is 3.09. The summed E-state index contributed by atoms with van der Waals surface area (Å²) in [4.78, 5) is 9.15. The topological polar surface area (TPSA) is 28.6 Å². The van der Waals surface area contributed by atoms with Crippen LogP contribution >= 0.6 is 0 Å². The lowest BCUT2D eigenvalue weighted by Gasteiger charge is -2.47. The summed E-state index contributed by atoms with van der Waals surface area (Å²) in [5, 5.41) is 0. The third-order valence-corrected chi connectivity index (χ3v) is 5.29. The second-order valence-corrected chi connectivity index (χ2v) is 7.03. The second kappa shape index (κ2) is 7.10. The van der Waals surface area contributed by atoms with E-state index in [9.17, 15) is 4.39 Å². The van der Waals surface area contributed by atoms with E-state index in [-0.39, 0.29) is 11.4 Å². The fourth-order valence-electron chi connectivity index (χ4n) is 3.93. The van der Waals surface area contributed by atoms with E-state index in [0.717, 1.165) is 63.6 Å². The first-order valence-corrected chi connectivity index (χ1v) is 8.99. The standard InChI is InChI=1S/C20H24FN3O/c21-17-4-3-6-19(14-17)24-10-7-20(8-11-24)16-23(12-13-25-20)15-18-5-1-2-9-22-18/h1-6,9,14H,7-8,10-13,15-16H2. The van der Waals surface area contributed by atoms with Gasteiger partial charge in [-0.05, 0) is 43.2 Å². The van der Waals surface area contributed by atoms with Crippen LogP contribution in [0, 0.1) is 5.82 Å². The van der Waals surface area contributed by atoms with E-state index >= 15 is 0 Å². The summed E-state index contributed by atoms with van der Waals surface area (Å²) >= 11 is 0. The molecule has 5 heteroatoms. The van der Waals surface area contributed by atoms with E-state index in [2.05, 4.69) is 20.9 Å². The van der Waals surface area contributed by atoms with Gasteiger partial charge in [0.2, 0.25) is 0 Å². The van der Waals surface area contributed by atoms with Crippen molar-refractivity contribution in [1.29, 1.82) is 0 Å². The molecule has 0 aliphatic carbocycles. The first-order chi connectivity index (χ1) is 12.2. The summed E-state index contributed by atoms with van der Waals surface area (Å²) in [5.41, 5.74) is 2.00. The number of ether oxygens (including phenoxy) is 1. The zero-order valence-electron chi connectivity index (χ0n) is 14.4. The average Bonchev–Trinajstić information content (AvgIpc) is 2.63. The first-order valence-electron chi connectivity index (χ1n) is 8.99. The predicted molar refractivity (Wildman–Crippen MR) is 96.0 cm³/mol. The molecule has 0 atom stereocenters. The lowest BCUT2D eigenvalue weighted by atomic mass is 9.89. The van der Waals surface area contributed by atoms with E-state index in [1.165, 1.54) is 6.07 Å². The highest BCUT2D eigenvalue weighted by Crippen LogP contribution is 2.32. The summed E-state index contributed by atoms with van der Waals surface area (Å²) in [6.07, 6.45) is 3.80. The zero-order chi connectivity index (χ0) is 17.1. The number of aromatic nitrogens is 1. The maximum Gasteiger partial charge on any atom is 0.125 e. The van der Waals surface area contributed by atoms with Crippen LogP contribution in [-0.2, 0) is 11.3 Å². The SMILES string of the molecule is Fc1cccc(N2CCC3(CC2)CN(Cc2ccccn2)CCO3)c1. The van der Waals surface area contributed by atoms with Crippen molar-refractivity contribution in [2.24, 2.45) is 0 Å². The van der Waals surface area contributed by atoms with Gasteiger partial charge in [-0.3, -0.25) is 9.88 Å². The maximum absolute atomic E-state index is 13.5. The summed E-state index contributed by atoms with van der Waals surface area (Å²) in [5.74, 6) is -0.173. The molecular formula is C20H24FN3O. The molecule has 3 heterocycles. The Balaban J connectivity index is 1.38. The Kier molecular flexibility index (Phi) is 4.68. The number of pyridine rings is 1. The Morgan fingerprint density at radius 1 is 1.08 bits per heavy atom. The zero-order valence-corrected chi connectivity index (χ0v) is 14.4. The second-order valence-electron chi connectivity index (χ2n) is 7.03. The molecule has 2 fully saturated rings. The smallest absolute Gasteiger partial charge is 0.125 e. The Hall–Kier alpha value is -1.98. The van der Waals surface area contributed by atoms with Gasteiger partial charge in [0.25, 0.3) is 0 Å². The fraction of sp³-hybridized carbons (Fsp3) is 0.450. The molecule has 0 bridgehead atoms. The fourth-order valence-corrected chi connectivity index (χ4v) is 3.93. The molecule has 2 aromatic rings. The summed E-state index contributed by atoms with van der Waals surface area (Å²) in [6, 6.07) is 12.9. The highest BCUT2D eigenvalue weighted by Gasteiger charge is 2.39. The van der Waals surface area contributed by atoms with Gasteiger partial charge in [-0.15, -0.1) is 0 Å². The minimum atomic E-state index is -0.173. The van der Waals surface area contributed by atoms with Gasteiger partial charge < -0.3 is 9.64 Å². The quantitative estimate of drug-likeness (QED) is 0.858. The van der Waals surface area contributed by atoms with Crippen molar-refractivity contribution in [3.8, 4) is 0 Å². The Morgan fingerprint density at radius 3 is 2.72 bits per heavy atom. The molecule has 0 radical (unpaired) electrons. The molecule has 4 rings (SSSR count). The van der Waals surface area contributed by atoms with E-state index in [1.807, 2.05) is 24.4 Å². The number of nitrogens with zero attached hydrogens (tertiary/aromatic N) is 3. The van der Waals surface area contributed by atoms with Crippen LogP contribution < -0.4 is 4.90 Å². The van der Waals surface area contributed by atoms with Gasteiger partial charge in [0, 0.05) is 44.6 Å². The van der Waals surface area contributed by atoms with Crippen molar-refractivity contribution in [1.82, 2.24) is 9.88 Å². The number of benzene rings is 1. The number of hydrogen-bond acceptors (Lipinski definition) is 4. The molecule has 1 aromatic carbocycles. The molecular weight excluding hydrogens is 317 g/mol. The van der Waals surface area contributed by atoms with Gasteiger partial charge in [-0.2, -0.15) is 0 Å². The van der Waals surface area contributed by atoms with Crippen molar-refractivity contribution >= 4 is 5.69 Å². The number of halogens is 1. The molecule has 2 saturated heterocycles. The van der Waals surface area contributed by atoms with Gasteiger partial charge in [0.1, 0.15) is 5.82 Å². The van der Waals surface area contributed by atoms with Crippen LogP contribution in [0.3, 0.4) is 0 Å². The number of rotatable bonds is 3. The van der Waals surface area contributed by atoms with E-state index < -0.39 is 0 Å². The molecule has 25 heavy (non-hydrogen) atoms. The highest BCUT2D eigenvalue weighted by atomic mass is 19.1. The van der Waals surface area contributed by atoms with Gasteiger partial charge in [0.15, 0.2) is 0 Å². The van der Waals surface area contributed by atoms with Crippen LogP contribution in [0.1, 0.15) is 18.5 Å². The normalized spacial score (nSPS) is 20.8. The molecule has 0 unspecified atom stereocenters. The first kappa shape index (κ1) is 16.5. The molecule has 2 aliphatic rings. The highest BCUT2D eigenvalue weighted by molar-refractivity contribution is 5.47. The minimum Gasteiger partial charge on any atom is -0.372 e. The van der Waals surface area contributed by atoms with Crippen molar-refractivity contribution in [2.45, 2.75) is 25.0 Å². The van der Waals surface area contributed by atoms with Crippen LogP contribution in [0.2, 0.25) is 0 Å². The molecule has 4 nitrogen and oxygen atoms in total. The summed E-state index contributed by atoms with van der Waals surface area (Å²) in [6.45, 7) is 5.35. The maximum atomic E-state index is 13.5. The molecule has 1 aromatic heterocycles. The number of anilines is 1. The number of morpholine rings is 1. The number of piperidine rings is 1. The molecule has 2 aliphatic heterocycles. The van der Waals surface area contributed by atoms with Crippen molar-refractivity contribution < 1.29 is 9.13 Å². The molecule has 0 saturated carbocycles. The average molecular weight is 341 g/mol. The van der Waals surface area contributed by atoms with Gasteiger partial charge in [-0.25, -0.2) is 4.39 Å². The van der Waals surface area contributed by atoms with Crippen molar-refractivity contribution in [3.63, 3.8) is 0 Å². The third kappa shape index (κ3) is 3.83. The van der Waals surface area contributed by atoms with E-state index in [1.54, 1.807) is 12.1 Å². The van der Waals surface area contributed by atoms with Gasteiger partial charge in [0.05, 0.1) is 17.9 Å². The molecule has 132 valence electrons. The molecule has 0 amide bonds. The Bertz CT molecular complexity index is 701. The van der Waals surface area contributed by atoms with Gasteiger partial charge >= 0.3 is 0 Å². The molecule has 1 spiro atoms. The van der Waals surface area contributed by atoms with Crippen LogP contribution in [0.15, 0.2) is 48.7 Å². The van der Waals surface area contributed by atoms with Crippen LogP contribution in [0.5, 0.6) is 0 Å². The van der Waals surface area contributed by atoms with Crippen LogP contribution in [-0.4, -0.2) is 48.3 Å². The van der Waals surface area contributed by atoms with Gasteiger partial charge in [-0.1, -0.05) is 12.1 Å². The largest absolute Gasteiger partial charge is 0.372 e.